The number of carboxylic acid groups (broad SMARTS) is 2. The monoisotopic (exact) mass is 415 g/mol. The minimum Gasteiger partial charge on any atom is -0.473 e. The molecule has 0 saturated carbocycles. The second-order valence-corrected chi connectivity index (χ2v) is 7.17. The van der Waals surface area contributed by atoms with Crippen LogP contribution in [0.25, 0.3) is 21.5 Å². The predicted octanol–water partition coefficient (Wildman–Crippen LogP) is 2.41. The number of nitrogens with zero attached hydrogens (tertiary/aromatic N) is 2. The number of carbonyl (C=O) groups excluding carboxylic acids is 1. The molecule has 9 heteroatoms. The number of pyridine rings is 1. The molecule has 3 rings (SSSR count). The van der Waals surface area contributed by atoms with Gasteiger partial charge in [-0.05, 0) is 37.7 Å². The summed E-state index contributed by atoms with van der Waals surface area (Å²) in [5, 5.41) is 20.7. The number of benzene rings is 1. The highest BCUT2D eigenvalue weighted by atomic mass is 32.1. The highest BCUT2D eigenvalue weighted by Crippen LogP contribution is 2.27. The van der Waals surface area contributed by atoms with Gasteiger partial charge in [0, 0.05) is 18.5 Å². The molecule has 1 aromatic carbocycles. The van der Waals surface area contributed by atoms with E-state index in [1.54, 1.807) is 11.3 Å². The largest absolute Gasteiger partial charge is 0.473 e. The second-order valence-electron chi connectivity index (χ2n) is 6.22. The summed E-state index contributed by atoms with van der Waals surface area (Å²) in [6.45, 7) is 1.43. The van der Waals surface area contributed by atoms with E-state index in [4.69, 9.17) is 24.8 Å². The maximum Gasteiger partial charge on any atom is 0.414 e. The molecular formula is C20H21N3O5S. The first kappa shape index (κ1) is 22.0. The van der Waals surface area contributed by atoms with Crippen molar-refractivity contribution in [2.24, 2.45) is 0 Å². The van der Waals surface area contributed by atoms with E-state index in [0.29, 0.717) is 12.1 Å². The van der Waals surface area contributed by atoms with E-state index < -0.39 is 11.9 Å². The Hall–Kier alpha value is -3.30. The van der Waals surface area contributed by atoms with Gasteiger partial charge in [-0.25, -0.2) is 14.6 Å². The highest BCUT2D eigenvalue weighted by molar-refractivity contribution is 7.13. The first-order chi connectivity index (χ1) is 13.8. The maximum absolute atomic E-state index is 12.6. The summed E-state index contributed by atoms with van der Waals surface area (Å²) >= 11 is 1.63. The van der Waals surface area contributed by atoms with Crippen molar-refractivity contribution in [3.05, 3.63) is 53.4 Å². The zero-order valence-electron chi connectivity index (χ0n) is 16.0. The fourth-order valence-corrected chi connectivity index (χ4v) is 3.09. The molecule has 1 amide bonds. The Morgan fingerprint density at radius 3 is 2.34 bits per heavy atom. The van der Waals surface area contributed by atoms with Crippen LogP contribution < -0.4 is 5.32 Å². The van der Waals surface area contributed by atoms with Crippen molar-refractivity contribution in [3.63, 3.8) is 0 Å². The zero-order chi connectivity index (χ0) is 21.4. The van der Waals surface area contributed by atoms with E-state index in [-0.39, 0.29) is 5.91 Å². The number of carbonyl (C=O) groups is 3. The van der Waals surface area contributed by atoms with Crippen molar-refractivity contribution in [2.45, 2.75) is 0 Å². The van der Waals surface area contributed by atoms with Gasteiger partial charge >= 0.3 is 11.9 Å². The Morgan fingerprint density at radius 2 is 1.76 bits per heavy atom. The SMILES string of the molecule is CN(C)CCNC(=O)c1cc(-c2cccs2)nc2ccccc12.O=C(O)C(=O)O. The predicted molar refractivity (Wildman–Crippen MR) is 111 cm³/mol. The van der Waals surface area contributed by atoms with Gasteiger partial charge in [0.05, 0.1) is 21.7 Å². The standard InChI is InChI=1S/C18H19N3OS.C2H2O4/c1-21(2)10-9-19-18(22)14-12-16(17-8-5-11-23-17)20-15-7-4-3-6-13(14)15;3-1(4)2(5)6/h3-8,11-12H,9-10H2,1-2H3,(H,19,22);(H,3,4)(H,5,6). The molecule has 0 fully saturated rings. The Balaban J connectivity index is 0.000000438. The number of aromatic nitrogens is 1. The van der Waals surface area contributed by atoms with E-state index in [0.717, 1.165) is 28.0 Å². The lowest BCUT2D eigenvalue weighted by molar-refractivity contribution is -0.159. The molecule has 2 aromatic heterocycles. The van der Waals surface area contributed by atoms with E-state index in [1.165, 1.54) is 0 Å². The third-order valence-corrected chi connectivity index (χ3v) is 4.65. The van der Waals surface area contributed by atoms with Gasteiger partial charge in [0.1, 0.15) is 0 Å². The number of nitrogens with one attached hydrogen (secondary N) is 1. The summed E-state index contributed by atoms with van der Waals surface area (Å²) in [6, 6.07) is 13.7. The molecule has 0 saturated heterocycles. The van der Waals surface area contributed by atoms with Crippen molar-refractivity contribution in [1.82, 2.24) is 15.2 Å². The molecule has 0 aliphatic heterocycles. The first-order valence-corrected chi connectivity index (χ1v) is 9.50. The molecule has 0 bridgehead atoms. The van der Waals surface area contributed by atoms with Crippen molar-refractivity contribution >= 4 is 40.1 Å². The van der Waals surface area contributed by atoms with Gasteiger partial charge in [-0.2, -0.15) is 0 Å². The number of carboxylic acids is 2. The Labute approximate surface area is 171 Å². The van der Waals surface area contributed by atoms with Crippen molar-refractivity contribution < 1.29 is 24.6 Å². The molecule has 152 valence electrons. The fourth-order valence-electron chi connectivity index (χ4n) is 2.40. The molecule has 3 aromatic rings. The number of amides is 1. The number of hydrogen-bond acceptors (Lipinski definition) is 6. The quantitative estimate of drug-likeness (QED) is 0.547. The number of thiophene rings is 1. The minimum atomic E-state index is -1.82. The van der Waals surface area contributed by atoms with Crippen LogP contribution in [0.3, 0.4) is 0 Å². The molecule has 0 radical (unpaired) electrons. The molecule has 0 aliphatic rings. The van der Waals surface area contributed by atoms with Crippen LogP contribution in [0.15, 0.2) is 47.8 Å². The van der Waals surface area contributed by atoms with Gasteiger partial charge in [0.15, 0.2) is 0 Å². The highest BCUT2D eigenvalue weighted by Gasteiger charge is 2.14. The summed E-state index contributed by atoms with van der Waals surface area (Å²) in [5.41, 5.74) is 2.37. The van der Waals surface area contributed by atoms with Crippen LogP contribution in [0.1, 0.15) is 10.4 Å². The molecule has 3 N–H and O–H groups in total. The summed E-state index contributed by atoms with van der Waals surface area (Å²) in [5.74, 6) is -3.70. The van der Waals surface area contributed by atoms with Gasteiger partial charge in [0.2, 0.25) is 0 Å². The number of aliphatic carboxylic acids is 2. The summed E-state index contributed by atoms with van der Waals surface area (Å²) < 4.78 is 0. The van der Waals surface area contributed by atoms with Gasteiger partial charge in [-0.15, -0.1) is 11.3 Å². The summed E-state index contributed by atoms with van der Waals surface area (Å²) in [6.07, 6.45) is 0. The van der Waals surface area contributed by atoms with Crippen LogP contribution >= 0.6 is 11.3 Å². The number of rotatable bonds is 5. The van der Waals surface area contributed by atoms with E-state index in [9.17, 15) is 4.79 Å². The van der Waals surface area contributed by atoms with Gasteiger partial charge in [-0.3, -0.25) is 4.79 Å². The van der Waals surface area contributed by atoms with Crippen molar-refractivity contribution in [3.8, 4) is 10.6 Å². The molecule has 0 atom stereocenters. The molecule has 2 heterocycles. The van der Waals surface area contributed by atoms with Crippen molar-refractivity contribution in [2.75, 3.05) is 27.2 Å². The fraction of sp³-hybridized carbons (Fsp3) is 0.200. The molecule has 0 aliphatic carbocycles. The average molecular weight is 415 g/mol. The van der Waals surface area contributed by atoms with Crippen LogP contribution in [0, 0.1) is 0 Å². The van der Waals surface area contributed by atoms with Crippen LogP contribution in [-0.2, 0) is 9.59 Å². The first-order valence-electron chi connectivity index (χ1n) is 8.62. The lowest BCUT2D eigenvalue weighted by Crippen LogP contribution is -2.31. The van der Waals surface area contributed by atoms with Gasteiger partial charge in [-0.1, -0.05) is 24.3 Å². The van der Waals surface area contributed by atoms with E-state index in [2.05, 4.69) is 5.32 Å². The number of hydrogen-bond donors (Lipinski definition) is 3. The van der Waals surface area contributed by atoms with Crippen LogP contribution in [0.4, 0.5) is 0 Å². The van der Waals surface area contributed by atoms with Crippen LogP contribution in [0.2, 0.25) is 0 Å². The lowest BCUT2D eigenvalue weighted by atomic mass is 10.1. The number of fused-ring (bicyclic) bond motifs is 1. The second kappa shape index (κ2) is 10.3. The molecule has 8 nitrogen and oxygen atoms in total. The lowest BCUT2D eigenvalue weighted by Gasteiger charge is -2.12. The maximum atomic E-state index is 12.6. The van der Waals surface area contributed by atoms with Crippen LogP contribution in [0.5, 0.6) is 0 Å². The Kier molecular flexibility index (Phi) is 7.81. The third kappa shape index (κ3) is 6.37. The van der Waals surface area contributed by atoms with Crippen molar-refractivity contribution in [1.29, 1.82) is 0 Å². The Bertz CT molecular complexity index is 991. The molecule has 29 heavy (non-hydrogen) atoms. The topological polar surface area (TPSA) is 120 Å². The van der Waals surface area contributed by atoms with Gasteiger partial charge in [0.25, 0.3) is 5.91 Å². The smallest absolute Gasteiger partial charge is 0.414 e. The third-order valence-electron chi connectivity index (χ3n) is 3.76. The number of para-hydroxylation sites is 1. The Morgan fingerprint density at radius 1 is 1.07 bits per heavy atom. The summed E-state index contributed by atoms with van der Waals surface area (Å²) in [7, 11) is 3.98. The average Bonchev–Trinajstić information content (AvgIpc) is 3.22. The number of likely N-dealkylation sites (N-methyl/N-ethyl adjacent to an activating group) is 1. The summed E-state index contributed by atoms with van der Waals surface area (Å²) in [4.78, 5) is 38.6. The normalized spacial score (nSPS) is 10.3. The van der Waals surface area contributed by atoms with Crippen LogP contribution in [-0.4, -0.2) is 65.1 Å². The minimum absolute atomic E-state index is 0.0525. The molecule has 0 unspecified atom stereocenters. The molecular weight excluding hydrogens is 394 g/mol. The van der Waals surface area contributed by atoms with E-state index in [1.807, 2.05) is 66.8 Å². The van der Waals surface area contributed by atoms with E-state index >= 15 is 0 Å². The van der Waals surface area contributed by atoms with Gasteiger partial charge < -0.3 is 20.4 Å². The molecule has 0 spiro atoms. The zero-order valence-corrected chi connectivity index (χ0v) is 16.8.